The molecule has 0 unspecified atom stereocenters. The summed E-state index contributed by atoms with van der Waals surface area (Å²) in [5.41, 5.74) is 3.66. The van der Waals surface area contributed by atoms with E-state index >= 15 is 0 Å². The van der Waals surface area contributed by atoms with Crippen molar-refractivity contribution in [1.82, 2.24) is 0 Å². The molecule has 0 fully saturated rings. The summed E-state index contributed by atoms with van der Waals surface area (Å²) >= 11 is 5.97. The Morgan fingerprint density at radius 1 is 1.08 bits per heavy atom. The lowest BCUT2D eigenvalue weighted by Gasteiger charge is -2.17. The van der Waals surface area contributed by atoms with Gasteiger partial charge in [-0.25, -0.2) is 0 Å². The van der Waals surface area contributed by atoms with E-state index in [2.05, 4.69) is 11.8 Å². The van der Waals surface area contributed by atoms with Gasteiger partial charge in [-0.05, 0) is 37.1 Å². The number of rotatable bonds is 1. The number of hydrogen-bond donors (Lipinski definition) is 0. The van der Waals surface area contributed by atoms with Crippen molar-refractivity contribution in [3.8, 4) is 0 Å². The maximum absolute atomic E-state index is 5.97. The summed E-state index contributed by atoms with van der Waals surface area (Å²) in [6, 6.07) is 3.99. The van der Waals surface area contributed by atoms with E-state index in [0.717, 1.165) is 5.02 Å². The number of halogens is 2. The second kappa shape index (κ2) is 4.73. The van der Waals surface area contributed by atoms with E-state index in [1.807, 2.05) is 33.2 Å². The first-order valence-electron chi connectivity index (χ1n) is 3.97. The SMILES string of the molecule is Cc1c(Cl)ccc(N(C)C)c1C.Cl. The molecule has 0 amide bonds. The first kappa shape index (κ1) is 12.6. The zero-order valence-electron chi connectivity index (χ0n) is 8.39. The molecule has 0 aliphatic carbocycles. The topological polar surface area (TPSA) is 3.24 Å². The van der Waals surface area contributed by atoms with Gasteiger partial charge in [-0.1, -0.05) is 11.6 Å². The smallest absolute Gasteiger partial charge is 0.0439 e. The Morgan fingerprint density at radius 3 is 2.08 bits per heavy atom. The second-order valence-electron chi connectivity index (χ2n) is 3.21. The van der Waals surface area contributed by atoms with Crippen LogP contribution in [0.3, 0.4) is 0 Å². The predicted molar refractivity (Wildman–Crippen MR) is 62.5 cm³/mol. The highest BCUT2D eigenvalue weighted by molar-refractivity contribution is 6.31. The fraction of sp³-hybridized carbons (Fsp3) is 0.400. The molecule has 0 atom stereocenters. The Bertz CT molecular complexity index is 295. The highest BCUT2D eigenvalue weighted by Crippen LogP contribution is 2.26. The molecule has 0 heterocycles. The van der Waals surface area contributed by atoms with Crippen molar-refractivity contribution in [2.24, 2.45) is 0 Å². The van der Waals surface area contributed by atoms with Crippen LogP contribution >= 0.6 is 24.0 Å². The van der Waals surface area contributed by atoms with Gasteiger partial charge in [0.1, 0.15) is 0 Å². The van der Waals surface area contributed by atoms with Crippen LogP contribution in [0.4, 0.5) is 5.69 Å². The summed E-state index contributed by atoms with van der Waals surface area (Å²) in [6.07, 6.45) is 0. The molecule has 0 radical (unpaired) electrons. The molecule has 0 N–H and O–H groups in total. The molecule has 0 aromatic heterocycles. The van der Waals surface area contributed by atoms with E-state index in [-0.39, 0.29) is 12.4 Å². The van der Waals surface area contributed by atoms with Gasteiger partial charge in [0.25, 0.3) is 0 Å². The third-order valence-corrected chi connectivity index (χ3v) is 2.58. The van der Waals surface area contributed by atoms with Gasteiger partial charge < -0.3 is 4.90 Å². The van der Waals surface area contributed by atoms with Gasteiger partial charge in [0.15, 0.2) is 0 Å². The van der Waals surface area contributed by atoms with Crippen molar-refractivity contribution >= 4 is 29.7 Å². The maximum atomic E-state index is 5.97. The largest absolute Gasteiger partial charge is 0.377 e. The molecule has 3 heteroatoms. The Kier molecular flexibility index (Phi) is 4.58. The normalized spacial score (nSPS) is 9.31. The van der Waals surface area contributed by atoms with Crippen molar-refractivity contribution in [2.75, 3.05) is 19.0 Å². The molecule has 1 rings (SSSR count). The van der Waals surface area contributed by atoms with Crippen LogP contribution in [0.1, 0.15) is 11.1 Å². The fourth-order valence-electron chi connectivity index (χ4n) is 1.26. The summed E-state index contributed by atoms with van der Waals surface area (Å²) in [4.78, 5) is 2.10. The van der Waals surface area contributed by atoms with Crippen LogP contribution in [0.25, 0.3) is 0 Å². The molecule has 0 spiro atoms. The molecule has 1 aromatic carbocycles. The molecular formula is C10H15Cl2N. The van der Waals surface area contributed by atoms with Crippen molar-refractivity contribution in [3.63, 3.8) is 0 Å². The molecule has 13 heavy (non-hydrogen) atoms. The Labute approximate surface area is 91.1 Å². The molecular weight excluding hydrogens is 205 g/mol. The summed E-state index contributed by atoms with van der Waals surface area (Å²) in [7, 11) is 4.07. The van der Waals surface area contributed by atoms with Gasteiger partial charge in [-0.2, -0.15) is 0 Å². The quantitative estimate of drug-likeness (QED) is 0.700. The van der Waals surface area contributed by atoms with E-state index in [1.165, 1.54) is 16.8 Å². The first-order chi connectivity index (χ1) is 5.54. The van der Waals surface area contributed by atoms with Gasteiger partial charge >= 0.3 is 0 Å². The van der Waals surface area contributed by atoms with Crippen LogP contribution in [-0.4, -0.2) is 14.1 Å². The van der Waals surface area contributed by atoms with Crippen molar-refractivity contribution in [3.05, 3.63) is 28.3 Å². The number of anilines is 1. The molecule has 1 aromatic rings. The number of hydrogen-bond acceptors (Lipinski definition) is 1. The van der Waals surface area contributed by atoms with Gasteiger partial charge in [-0.15, -0.1) is 12.4 Å². The van der Waals surface area contributed by atoms with E-state index in [0.29, 0.717) is 0 Å². The Hall–Kier alpha value is -0.400. The van der Waals surface area contributed by atoms with E-state index < -0.39 is 0 Å². The summed E-state index contributed by atoms with van der Waals surface area (Å²) < 4.78 is 0. The van der Waals surface area contributed by atoms with Crippen LogP contribution in [0.2, 0.25) is 5.02 Å². The van der Waals surface area contributed by atoms with Gasteiger partial charge in [0.2, 0.25) is 0 Å². The Balaban J connectivity index is 0.00000144. The number of benzene rings is 1. The van der Waals surface area contributed by atoms with Crippen LogP contribution in [0, 0.1) is 13.8 Å². The third kappa shape index (κ3) is 2.52. The van der Waals surface area contributed by atoms with E-state index in [4.69, 9.17) is 11.6 Å². The van der Waals surface area contributed by atoms with Crippen molar-refractivity contribution < 1.29 is 0 Å². The average molecular weight is 220 g/mol. The summed E-state index contributed by atoms with van der Waals surface area (Å²) in [5, 5.41) is 0.845. The highest BCUT2D eigenvalue weighted by Gasteiger charge is 2.05. The standard InChI is InChI=1S/C10H14ClN.ClH/c1-7-8(2)10(12(3)4)6-5-9(7)11;/h5-6H,1-4H3;1H. The average Bonchev–Trinajstić information content (AvgIpc) is 2.00. The van der Waals surface area contributed by atoms with Crippen molar-refractivity contribution in [2.45, 2.75) is 13.8 Å². The van der Waals surface area contributed by atoms with Crippen LogP contribution in [0.5, 0.6) is 0 Å². The predicted octanol–water partition coefficient (Wildman–Crippen LogP) is 3.44. The van der Waals surface area contributed by atoms with Crippen molar-refractivity contribution in [1.29, 1.82) is 0 Å². The van der Waals surface area contributed by atoms with E-state index in [1.54, 1.807) is 0 Å². The minimum absolute atomic E-state index is 0. The zero-order chi connectivity index (χ0) is 9.30. The molecule has 74 valence electrons. The summed E-state index contributed by atoms with van der Waals surface area (Å²) in [6.45, 7) is 4.14. The third-order valence-electron chi connectivity index (χ3n) is 2.17. The molecule has 0 aliphatic heterocycles. The maximum Gasteiger partial charge on any atom is 0.0439 e. The lowest BCUT2D eigenvalue weighted by atomic mass is 10.1. The molecule has 1 nitrogen and oxygen atoms in total. The minimum Gasteiger partial charge on any atom is -0.377 e. The Morgan fingerprint density at radius 2 is 1.62 bits per heavy atom. The van der Waals surface area contributed by atoms with Crippen LogP contribution < -0.4 is 4.90 Å². The van der Waals surface area contributed by atoms with E-state index in [9.17, 15) is 0 Å². The van der Waals surface area contributed by atoms with Gasteiger partial charge in [0.05, 0.1) is 0 Å². The molecule has 0 bridgehead atoms. The highest BCUT2D eigenvalue weighted by atomic mass is 35.5. The van der Waals surface area contributed by atoms with Gasteiger partial charge in [-0.3, -0.25) is 0 Å². The number of nitrogens with zero attached hydrogens (tertiary/aromatic N) is 1. The summed E-state index contributed by atoms with van der Waals surface area (Å²) in [5.74, 6) is 0. The molecule has 0 saturated carbocycles. The second-order valence-corrected chi connectivity index (χ2v) is 3.62. The van der Waals surface area contributed by atoms with Crippen LogP contribution in [0.15, 0.2) is 12.1 Å². The van der Waals surface area contributed by atoms with Gasteiger partial charge in [0, 0.05) is 24.8 Å². The lowest BCUT2D eigenvalue weighted by Crippen LogP contribution is -2.10. The van der Waals surface area contributed by atoms with Crippen LogP contribution in [-0.2, 0) is 0 Å². The molecule has 0 aliphatic rings. The monoisotopic (exact) mass is 219 g/mol. The minimum atomic E-state index is 0. The molecule has 0 saturated heterocycles. The lowest BCUT2D eigenvalue weighted by molar-refractivity contribution is 1.11. The fourth-order valence-corrected chi connectivity index (χ4v) is 1.46. The first-order valence-corrected chi connectivity index (χ1v) is 4.35. The zero-order valence-corrected chi connectivity index (χ0v) is 9.96.